The van der Waals surface area contributed by atoms with Gasteiger partial charge in [-0.05, 0) is 43.9 Å². The van der Waals surface area contributed by atoms with Crippen LogP contribution in [-0.2, 0) is 20.0 Å². The van der Waals surface area contributed by atoms with Crippen molar-refractivity contribution in [1.82, 2.24) is 18.2 Å². The number of aromatic nitrogens is 3. The minimum Gasteiger partial charge on any atom is -0.356 e. The van der Waals surface area contributed by atoms with E-state index in [0.29, 0.717) is 24.0 Å². The van der Waals surface area contributed by atoms with Crippen LogP contribution in [0.4, 0.5) is 14.6 Å². The molecule has 9 nitrogen and oxygen atoms in total. The first-order chi connectivity index (χ1) is 17.4. The van der Waals surface area contributed by atoms with E-state index in [1.165, 1.54) is 16.8 Å². The van der Waals surface area contributed by atoms with E-state index in [1.54, 1.807) is 30.3 Å². The highest BCUT2D eigenvalue weighted by atomic mass is 32.2. The highest BCUT2D eigenvalue weighted by Gasteiger charge is 2.41. The highest BCUT2D eigenvalue weighted by Crippen LogP contribution is 2.37. The van der Waals surface area contributed by atoms with Crippen molar-refractivity contribution in [3.63, 3.8) is 0 Å². The molecule has 1 aliphatic heterocycles. The van der Waals surface area contributed by atoms with Crippen molar-refractivity contribution in [3.05, 3.63) is 48.4 Å². The second kappa shape index (κ2) is 9.28. The Morgan fingerprint density at radius 3 is 2.32 bits per heavy atom. The Morgan fingerprint density at radius 1 is 1.03 bits per heavy atom. The van der Waals surface area contributed by atoms with Gasteiger partial charge in [0.15, 0.2) is 5.65 Å². The molecule has 0 bridgehead atoms. The lowest BCUT2D eigenvalue weighted by molar-refractivity contribution is -0.0412. The van der Waals surface area contributed by atoms with Crippen LogP contribution in [0.15, 0.2) is 47.8 Å². The predicted molar refractivity (Wildman–Crippen MR) is 136 cm³/mol. The lowest BCUT2D eigenvalue weighted by Gasteiger charge is -2.42. The summed E-state index contributed by atoms with van der Waals surface area (Å²) in [5.41, 5.74) is 1.21. The number of halogens is 2. The van der Waals surface area contributed by atoms with Gasteiger partial charge in [-0.1, -0.05) is 17.7 Å². The van der Waals surface area contributed by atoms with E-state index in [0.717, 1.165) is 9.54 Å². The third-order valence-corrected chi connectivity index (χ3v) is 11.1. The van der Waals surface area contributed by atoms with Crippen LogP contribution in [0.1, 0.15) is 31.2 Å². The van der Waals surface area contributed by atoms with Gasteiger partial charge in [0, 0.05) is 45.2 Å². The maximum atomic E-state index is 13.4. The van der Waals surface area contributed by atoms with Gasteiger partial charge < -0.3 is 4.90 Å². The molecule has 1 saturated heterocycles. The number of nitrogens with zero attached hydrogens (tertiary/aromatic N) is 5. The van der Waals surface area contributed by atoms with Crippen molar-refractivity contribution in [3.8, 4) is 0 Å². The summed E-state index contributed by atoms with van der Waals surface area (Å²) in [6, 6.07) is 8.27. The topological polar surface area (TPSA) is 105 Å². The van der Waals surface area contributed by atoms with Gasteiger partial charge in [-0.15, -0.1) is 0 Å². The van der Waals surface area contributed by atoms with E-state index in [-0.39, 0.29) is 41.3 Å². The van der Waals surface area contributed by atoms with Crippen molar-refractivity contribution < 1.29 is 25.6 Å². The van der Waals surface area contributed by atoms with Gasteiger partial charge in [0.25, 0.3) is 15.9 Å². The van der Waals surface area contributed by atoms with Crippen molar-refractivity contribution in [1.29, 1.82) is 0 Å². The molecule has 0 N–H and O–H groups in total. The highest BCUT2D eigenvalue weighted by molar-refractivity contribution is 7.90. The Kier molecular flexibility index (Phi) is 6.52. The molecule has 37 heavy (non-hydrogen) atoms. The molecule has 3 heterocycles. The first-order valence-electron chi connectivity index (χ1n) is 12.1. The molecule has 2 aliphatic rings. The van der Waals surface area contributed by atoms with Gasteiger partial charge in [0.2, 0.25) is 10.0 Å². The van der Waals surface area contributed by atoms with Crippen LogP contribution >= 0.6 is 0 Å². The number of rotatable bonds is 7. The maximum absolute atomic E-state index is 13.4. The molecular weight excluding hydrogens is 524 g/mol. The van der Waals surface area contributed by atoms with Gasteiger partial charge in [0.1, 0.15) is 12.1 Å². The first-order valence-corrected chi connectivity index (χ1v) is 15.2. The smallest absolute Gasteiger partial charge is 0.269 e. The van der Waals surface area contributed by atoms with Gasteiger partial charge in [-0.3, -0.25) is 0 Å². The van der Waals surface area contributed by atoms with Crippen LogP contribution in [0.25, 0.3) is 11.0 Å². The summed E-state index contributed by atoms with van der Waals surface area (Å²) in [6.45, 7) is 1.59. The van der Waals surface area contributed by atoms with Crippen LogP contribution in [0.5, 0.6) is 0 Å². The van der Waals surface area contributed by atoms with Crippen molar-refractivity contribution in [2.45, 2.75) is 49.5 Å². The molecule has 0 unspecified atom stereocenters. The molecule has 0 amide bonds. The summed E-state index contributed by atoms with van der Waals surface area (Å²) < 4.78 is 81.1. The summed E-state index contributed by atoms with van der Waals surface area (Å²) in [4.78, 5) is 10.7. The number of hydrogen-bond acceptors (Lipinski definition) is 7. The molecule has 0 radical (unpaired) electrons. The number of piperidine rings is 1. The minimum absolute atomic E-state index is 0.0149. The van der Waals surface area contributed by atoms with Crippen molar-refractivity contribution in [2.24, 2.45) is 5.92 Å². The summed E-state index contributed by atoms with van der Waals surface area (Å²) >= 11 is 0. The summed E-state index contributed by atoms with van der Waals surface area (Å²) in [6.07, 6.45) is 3.12. The van der Waals surface area contributed by atoms with E-state index in [2.05, 4.69) is 9.97 Å². The lowest BCUT2D eigenvalue weighted by Crippen LogP contribution is -2.49. The van der Waals surface area contributed by atoms with E-state index in [1.807, 2.05) is 18.9 Å². The maximum Gasteiger partial charge on any atom is 0.269 e. The van der Waals surface area contributed by atoms with Crippen LogP contribution in [0.3, 0.4) is 0 Å². The number of benzene rings is 1. The van der Waals surface area contributed by atoms with E-state index < -0.39 is 38.8 Å². The number of sulfonamides is 1. The van der Waals surface area contributed by atoms with Crippen LogP contribution in [-0.4, -0.2) is 72.9 Å². The number of aryl methyl sites for hydroxylation is 1. The van der Waals surface area contributed by atoms with E-state index >= 15 is 0 Å². The lowest BCUT2D eigenvalue weighted by atomic mass is 9.81. The molecular formula is C24H29F2N5O4S2. The average molecular weight is 554 g/mol. The molecule has 13 heteroatoms. The zero-order valence-corrected chi connectivity index (χ0v) is 22.2. The fourth-order valence-corrected chi connectivity index (χ4v) is 8.15. The van der Waals surface area contributed by atoms with Crippen LogP contribution in [0.2, 0.25) is 0 Å². The predicted octanol–water partition coefficient (Wildman–Crippen LogP) is 3.25. The molecule has 5 rings (SSSR count). The molecule has 3 aromatic rings. The van der Waals surface area contributed by atoms with Crippen molar-refractivity contribution in [2.75, 3.05) is 30.8 Å². The Morgan fingerprint density at radius 2 is 1.68 bits per heavy atom. The first kappa shape index (κ1) is 26.0. The standard InChI is InChI=1S/C24H29F2N5O4S2/c1-17-3-5-20(6-4-17)37(34,35)31-10-7-21-22(27-16-28-23(21)31)29(2)19-13-18(14-19)15-36(32,33)30-11-8-24(25,26)9-12-30/h3-7,10,16,18-19H,8-9,11-15H2,1-2H3/t18-,19+. The molecule has 1 aliphatic carbocycles. The van der Waals surface area contributed by atoms with Crippen molar-refractivity contribution >= 4 is 36.9 Å². The molecule has 0 atom stereocenters. The fraction of sp³-hybridized carbons (Fsp3) is 0.500. The Bertz CT molecular complexity index is 1510. The Hall–Kier alpha value is -2.64. The van der Waals surface area contributed by atoms with Gasteiger partial charge in [-0.25, -0.2) is 43.9 Å². The van der Waals surface area contributed by atoms with E-state index in [4.69, 9.17) is 0 Å². The number of fused-ring (bicyclic) bond motifs is 1. The third kappa shape index (κ3) is 4.96. The third-order valence-electron chi connectivity index (χ3n) is 7.39. The van der Waals surface area contributed by atoms with Gasteiger partial charge in [0.05, 0.1) is 16.0 Å². The van der Waals surface area contributed by atoms with Crippen LogP contribution in [0, 0.1) is 12.8 Å². The molecule has 1 aromatic carbocycles. The summed E-state index contributed by atoms with van der Waals surface area (Å²) in [5, 5.41) is 0.575. The number of hydrogen-bond donors (Lipinski definition) is 0. The minimum atomic E-state index is -3.85. The average Bonchev–Trinajstić information content (AvgIpc) is 3.26. The number of alkyl halides is 2. The quantitative estimate of drug-likeness (QED) is 0.442. The monoisotopic (exact) mass is 553 g/mol. The Balaban J connectivity index is 1.29. The molecule has 1 saturated carbocycles. The second-order valence-electron chi connectivity index (χ2n) is 10.00. The SMILES string of the molecule is Cc1ccc(S(=O)(=O)n2ccc3c(N(C)[C@H]4C[C@@H](CS(=O)(=O)N5CCC(F)(F)CC5)C4)ncnc32)cc1. The normalized spacial score (nSPS) is 22.6. The zero-order valence-electron chi connectivity index (χ0n) is 20.6. The second-order valence-corrected chi connectivity index (χ2v) is 13.8. The fourth-order valence-electron chi connectivity index (χ4n) is 5.03. The summed E-state index contributed by atoms with van der Waals surface area (Å²) in [5.74, 6) is -2.37. The Labute approximate surface area is 215 Å². The molecule has 2 aromatic heterocycles. The van der Waals surface area contributed by atoms with E-state index in [9.17, 15) is 25.6 Å². The molecule has 0 spiro atoms. The summed E-state index contributed by atoms with van der Waals surface area (Å²) in [7, 11) is -5.61. The van der Waals surface area contributed by atoms with Gasteiger partial charge in [-0.2, -0.15) is 0 Å². The zero-order chi connectivity index (χ0) is 26.6. The largest absolute Gasteiger partial charge is 0.356 e. The number of anilines is 1. The van der Waals surface area contributed by atoms with Crippen LogP contribution < -0.4 is 4.90 Å². The molecule has 200 valence electrons. The van der Waals surface area contributed by atoms with Gasteiger partial charge >= 0.3 is 0 Å². The molecule has 2 fully saturated rings.